The van der Waals surface area contributed by atoms with Crippen molar-refractivity contribution in [3.8, 4) is 0 Å². The maximum absolute atomic E-state index is 12.8. The lowest BCUT2D eigenvalue weighted by molar-refractivity contribution is -0.119. The zero-order chi connectivity index (χ0) is 10.7. The van der Waals surface area contributed by atoms with Crippen molar-refractivity contribution in [2.45, 2.75) is 12.8 Å². The minimum atomic E-state index is -0.273. The van der Waals surface area contributed by atoms with Gasteiger partial charge in [0.2, 0.25) is 0 Å². The molecule has 1 aromatic rings. The number of nitrogens with one attached hydrogen (secondary N) is 1. The number of benzene rings is 1. The fourth-order valence-corrected chi connectivity index (χ4v) is 1.76. The standard InChI is InChI=1S/C12H14FNO/c13-11-3-1-2-9(4-11)5-12(15)6-10-7-14-8-10/h1-4,10,14H,5-8H2. The largest absolute Gasteiger partial charge is 0.316 e. The Balaban J connectivity index is 1.87. The Bertz CT molecular complexity index is 360. The van der Waals surface area contributed by atoms with Gasteiger partial charge < -0.3 is 5.32 Å². The predicted molar refractivity (Wildman–Crippen MR) is 56.1 cm³/mol. The molecule has 0 aromatic heterocycles. The second-order valence-corrected chi connectivity index (χ2v) is 4.07. The summed E-state index contributed by atoms with van der Waals surface area (Å²) in [6.07, 6.45) is 0.970. The smallest absolute Gasteiger partial charge is 0.137 e. The fraction of sp³-hybridized carbons (Fsp3) is 0.417. The summed E-state index contributed by atoms with van der Waals surface area (Å²) in [6.45, 7) is 1.88. The first kappa shape index (κ1) is 10.3. The van der Waals surface area contributed by atoms with Gasteiger partial charge in [-0.2, -0.15) is 0 Å². The molecule has 1 aliphatic heterocycles. The molecule has 1 N–H and O–H groups in total. The average molecular weight is 207 g/mol. The van der Waals surface area contributed by atoms with E-state index in [9.17, 15) is 9.18 Å². The second-order valence-electron chi connectivity index (χ2n) is 4.07. The molecule has 0 spiro atoms. The molecule has 0 amide bonds. The highest BCUT2D eigenvalue weighted by Crippen LogP contribution is 2.12. The molecule has 15 heavy (non-hydrogen) atoms. The van der Waals surface area contributed by atoms with Crippen LogP contribution in [0, 0.1) is 11.7 Å². The summed E-state index contributed by atoms with van der Waals surface area (Å²) in [5.74, 6) is 0.420. The van der Waals surface area contributed by atoms with Gasteiger partial charge in [0.1, 0.15) is 11.6 Å². The van der Waals surface area contributed by atoms with Crippen LogP contribution in [-0.2, 0) is 11.2 Å². The molecule has 3 heteroatoms. The van der Waals surface area contributed by atoms with E-state index >= 15 is 0 Å². The Morgan fingerprint density at radius 2 is 2.27 bits per heavy atom. The number of halogens is 1. The summed E-state index contributed by atoms with van der Waals surface area (Å²) in [4.78, 5) is 11.6. The van der Waals surface area contributed by atoms with Gasteiger partial charge in [-0.05, 0) is 36.7 Å². The Morgan fingerprint density at radius 3 is 2.87 bits per heavy atom. The molecule has 1 heterocycles. The van der Waals surface area contributed by atoms with Crippen LogP contribution >= 0.6 is 0 Å². The van der Waals surface area contributed by atoms with Gasteiger partial charge in [0, 0.05) is 12.8 Å². The molecule has 0 bridgehead atoms. The number of ketones is 1. The average Bonchev–Trinajstić information content (AvgIpc) is 2.11. The van der Waals surface area contributed by atoms with Gasteiger partial charge >= 0.3 is 0 Å². The van der Waals surface area contributed by atoms with E-state index in [0.717, 1.165) is 18.7 Å². The van der Waals surface area contributed by atoms with Gasteiger partial charge in [-0.25, -0.2) is 4.39 Å². The van der Waals surface area contributed by atoms with Crippen LogP contribution in [0.1, 0.15) is 12.0 Å². The Labute approximate surface area is 88.5 Å². The summed E-state index contributed by atoms with van der Waals surface area (Å²) in [5.41, 5.74) is 0.771. The molecule has 0 aliphatic carbocycles. The fourth-order valence-electron chi connectivity index (χ4n) is 1.76. The van der Waals surface area contributed by atoms with Gasteiger partial charge in [-0.1, -0.05) is 12.1 Å². The Hall–Kier alpha value is -1.22. The van der Waals surface area contributed by atoms with Crippen LogP contribution in [0.15, 0.2) is 24.3 Å². The normalized spacial score (nSPS) is 16.1. The van der Waals surface area contributed by atoms with Gasteiger partial charge in [0.05, 0.1) is 0 Å². The number of rotatable bonds is 4. The van der Waals surface area contributed by atoms with Crippen LogP contribution < -0.4 is 5.32 Å². The van der Waals surface area contributed by atoms with Crippen LogP contribution in [0.25, 0.3) is 0 Å². The van der Waals surface area contributed by atoms with Crippen molar-refractivity contribution in [2.24, 2.45) is 5.92 Å². The van der Waals surface area contributed by atoms with E-state index in [1.165, 1.54) is 12.1 Å². The van der Waals surface area contributed by atoms with Crippen molar-refractivity contribution >= 4 is 5.78 Å². The Morgan fingerprint density at radius 1 is 1.47 bits per heavy atom. The van der Waals surface area contributed by atoms with E-state index in [4.69, 9.17) is 0 Å². The van der Waals surface area contributed by atoms with Crippen LogP contribution in [-0.4, -0.2) is 18.9 Å². The maximum Gasteiger partial charge on any atom is 0.137 e. The third-order valence-electron chi connectivity index (χ3n) is 2.67. The molecule has 0 unspecified atom stereocenters. The van der Waals surface area contributed by atoms with Crippen LogP contribution in [0.4, 0.5) is 4.39 Å². The molecule has 0 radical (unpaired) electrons. The molecule has 1 aliphatic rings. The molecule has 2 nitrogen and oxygen atoms in total. The number of carbonyl (C=O) groups excluding carboxylic acids is 1. The highest BCUT2D eigenvalue weighted by molar-refractivity contribution is 5.81. The molecule has 1 fully saturated rings. The maximum atomic E-state index is 12.8. The molecular formula is C12H14FNO. The van der Waals surface area contributed by atoms with Crippen molar-refractivity contribution in [1.29, 1.82) is 0 Å². The van der Waals surface area contributed by atoms with Crippen LogP contribution in [0.2, 0.25) is 0 Å². The first-order valence-corrected chi connectivity index (χ1v) is 5.21. The molecule has 80 valence electrons. The van der Waals surface area contributed by atoms with E-state index in [2.05, 4.69) is 5.32 Å². The molecule has 0 atom stereocenters. The second kappa shape index (κ2) is 4.53. The molecule has 0 saturated carbocycles. The lowest BCUT2D eigenvalue weighted by atomic mass is 9.94. The Kier molecular flexibility index (Phi) is 3.11. The summed E-state index contributed by atoms with van der Waals surface area (Å²) in [7, 11) is 0. The number of hydrogen-bond acceptors (Lipinski definition) is 2. The lowest BCUT2D eigenvalue weighted by Crippen LogP contribution is -2.43. The first-order valence-electron chi connectivity index (χ1n) is 5.21. The SMILES string of the molecule is O=C(Cc1cccc(F)c1)CC1CNC1. The predicted octanol–water partition coefficient (Wildman–Crippen LogP) is 1.55. The number of carbonyl (C=O) groups is 1. The monoisotopic (exact) mass is 207 g/mol. The highest BCUT2D eigenvalue weighted by atomic mass is 19.1. The van der Waals surface area contributed by atoms with Gasteiger partial charge in [0.15, 0.2) is 0 Å². The van der Waals surface area contributed by atoms with Crippen molar-refractivity contribution in [1.82, 2.24) is 5.32 Å². The van der Waals surface area contributed by atoms with Crippen molar-refractivity contribution in [3.05, 3.63) is 35.6 Å². The van der Waals surface area contributed by atoms with E-state index in [0.29, 0.717) is 18.8 Å². The minimum absolute atomic E-state index is 0.201. The quantitative estimate of drug-likeness (QED) is 0.811. The molecule has 1 saturated heterocycles. The van der Waals surface area contributed by atoms with E-state index in [-0.39, 0.29) is 11.6 Å². The first-order chi connectivity index (χ1) is 7.24. The van der Waals surface area contributed by atoms with E-state index in [1.807, 2.05) is 0 Å². The van der Waals surface area contributed by atoms with Gasteiger partial charge in [-0.3, -0.25) is 4.79 Å². The molecular weight excluding hydrogens is 193 g/mol. The third-order valence-corrected chi connectivity index (χ3v) is 2.67. The van der Waals surface area contributed by atoms with Gasteiger partial charge in [-0.15, -0.1) is 0 Å². The number of hydrogen-bond donors (Lipinski definition) is 1. The molecule has 2 rings (SSSR count). The summed E-state index contributed by atoms with van der Waals surface area (Å²) >= 11 is 0. The zero-order valence-corrected chi connectivity index (χ0v) is 8.50. The lowest BCUT2D eigenvalue weighted by Gasteiger charge is -2.26. The topological polar surface area (TPSA) is 29.1 Å². The van der Waals surface area contributed by atoms with E-state index in [1.54, 1.807) is 12.1 Å². The third kappa shape index (κ3) is 2.86. The van der Waals surface area contributed by atoms with Crippen molar-refractivity contribution < 1.29 is 9.18 Å². The van der Waals surface area contributed by atoms with Crippen molar-refractivity contribution in [2.75, 3.05) is 13.1 Å². The summed E-state index contributed by atoms with van der Waals surface area (Å²) < 4.78 is 12.8. The van der Waals surface area contributed by atoms with Gasteiger partial charge in [0.25, 0.3) is 0 Å². The summed E-state index contributed by atoms with van der Waals surface area (Å²) in [5, 5.41) is 3.13. The highest BCUT2D eigenvalue weighted by Gasteiger charge is 2.19. The van der Waals surface area contributed by atoms with Crippen LogP contribution in [0.3, 0.4) is 0 Å². The minimum Gasteiger partial charge on any atom is -0.316 e. The van der Waals surface area contributed by atoms with E-state index < -0.39 is 0 Å². The zero-order valence-electron chi connectivity index (χ0n) is 8.50. The number of Topliss-reactive ketones (excluding diaryl/α,β-unsaturated/α-hetero) is 1. The summed E-state index contributed by atoms with van der Waals surface area (Å²) in [6, 6.07) is 6.25. The van der Waals surface area contributed by atoms with Crippen molar-refractivity contribution in [3.63, 3.8) is 0 Å². The molecule has 1 aromatic carbocycles. The van der Waals surface area contributed by atoms with Crippen LogP contribution in [0.5, 0.6) is 0 Å².